The molecule has 1 heterocycles. The fourth-order valence-corrected chi connectivity index (χ4v) is 3.08. The summed E-state index contributed by atoms with van der Waals surface area (Å²) in [5.41, 5.74) is 1.07. The number of nitrogens with one attached hydrogen (secondary N) is 1. The van der Waals surface area contributed by atoms with Crippen molar-refractivity contribution >= 4 is 23.6 Å². The first-order chi connectivity index (χ1) is 10.6. The van der Waals surface area contributed by atoms with Crippen molar-refractivity contribution in [1.29, 1.82) is 0 Å². The van der Waals surface area contributed by atoms with Crippen LogP contribution in [0, 0.1) is 5.92 Å². The van der Waals surface area contributed by atoms with E-state index in [0.29, 0.717) is 5.92 Å². The minimum absolute atomic E-state index is 0.0502. The third-order valence-electron chi connectivity index (χ3n) is 3.59. The van der Waals surface area contributed by atoms with Crippen molar-refractivity contribution < 1.29 is 19.4 Å². The zero-order valence-electron chi connectivity index (χ0n) is 12.4. The second kappa shape index (κ2) is 8.80. The van der Waals surface area contributed by atoms with Crippen LogP contribution >= 0.6 is 11.8 Å². The molecule has 5 nitrogen and oxygen atoms in total. The van der Waals surface area contributed by atoms with Gasteiger partial charge in [0.05, 0.1) is 17.5 Å². The summed E-state index contributed by atoms with van der Waals surface area (Å²) < 4.78 is 5.41. The SMILES string of the molecule is O=C(O)CSCC(=O)NC(CC1CCOC1)c1ccccc1. The van der Waals surface area contributed by atoms with Crippen LogP contribution in [0.3, 0.4) is 0 Å². The zero-order chi connectivity index (χ0) is 15.8. The maximum atomic E-state index is 12.0. The van der Waals surface area contributed by atoms with Crippen molar-refractivity contribution in [2.45, 2.75) is 18.9 Å². The summed E-state index contributed by atoms with van der Waals surface area (Å²) in [7, 11) is 0. The monoisotopic (exact) mass is 323 g/mol. The minimum Gasteiger partial charge on any atom is -0.481 e. The van der Waals surface area contributed by atoms with E-state index >= 15 is 0 Å². The predicted molar refractivity (Wildman–Crippen MR) is 85.8 cm³/mol. The summed E-state index contributed by atoms with van der Waals surface area (Å²) >= 11 is 1.11. The van der Waals surface area contributed by atoms with E-state index in [2.05, 4.69) is 5.32 Å². The molecule has 2 rings (SSSR count). The average molecular weight is 323 g/mol. The number of hydrogen-bond acceptors (Lipinski definition) is 4. The van der Waals surface area contributed by atoms with Crippen molar-refractivity contribution in [2.24, 2.45) is 5.92 Å². The van der Waals surface area contributed by atoms with Gasteiger partial charge in [0.15, 0.2) is 0 Å². The number of ether oxygens (including phenoxy) is 1. The normalized spacial score (nSPS) is 18.8. The second-order valence-corrected chi connectivity index (χ2v) is 6.37. The van der Waals surface area contributed by atoms with Crippen LogP contribution in [0.1, 0.15) is 24.4 Å². The van der Waals surface area contributed by atoms with Gasteiger partial charge in [0.25, 0.3) is 0 Å². The molecule has 22 heavy (non-hydrogen) atoms. The van der Waals surface area contributed by atoms with Gasteiger partial charge in [-0.05, 0) is 24.3 Å². The van der Waals surface area contributed by atoms with Crippen LogP contribution in [0.2, 0.25) is 0 Å². The van der Waals surface area contributed by atoms with Crippen molar-refractivity contribution in [3.8, 4) is 0 Å². The number of carbonyl (C=O) groups is 2. The smallest absolute Gasteiger partial charge is 0.313 e. The highest BCUT2D eigenvalue weighted by Crippen LogP contribution is 2.26. The number of carboxylic acid groups (broad SMARTS) is 1. The van der Waals surface area contributed by atoms with Gasteiger partial charge in [-0.2, -0.15) is 0 Å². The molecule has 1 aromatic rings. The first-order valence-electron chi connectivity index (χ1n) is 7.36. The summed E-state index contributed by atoms with van der Waals surface area (Å²) in [5.74, 6) is -0.465. The molecule has 2 unspecified atom stereocenters. The minimum atomic E-state index is -0.902. The highest BCUT2D eigenvalue weighted by atomic mass is 32.2. The van der Waals surface area contributed by atoms with Crippen LogP contribution in [-0.2, 0) is 14.3 Å². The van der Waals surface area contributed by atoms with Crippen LogP contribution in [0.5, 0.6) is 0 Å². The predicted octanol–water partition coefficient (Wildman–Crippen LogP) is 2.09. The van der Waals surface area contributed by atoms with Gasteiger partial charge in [0.2, 0.25) is 5.91 Å². The van der Waals surface area contributed by atoms with E-state index in [-0.39, 0.29) is 23.5 Å². The van der Waals surface area contributed by atoms with Gasteiger partial charge in [-0.15, -0.1) is 11.8 Å². The molecule has 6 heteroatoms. The van der Waals surface area contributed by atoms with Gasteiger partial charge >= 0.3 is 5.97 Å². The Morgan fingerprint density at radius 3 is 2.73 bits per heavy atom. The highest BCUT2D eigenvalue weighted by Gasteiger charge is 2.23. The Bertz CT molecular complexity index is 488. The maximum absolute atomic E-state index is 12.0. The molecule has 2 atom stereocenters. The fraction of sp³-hybridized carbons (Fsp3) is 0.500. The molecule has 1 saturated heterocycles. The van der Waals surface area contributed by atoms with E-state index in [1.165, 1.54) is 0 Å². The Kier molecular flexibility index (Phi) is 6.74. The third-order valence-corrected chi connectivity index (χ3v) is 4.51. The van der Waals surface area contributed by atoms with Crippen molar-refractivity contribution in [3.63, 3.8) is 0 Å². The van der Waals surface area contributed by atoms with Crippen molar-refractivity contribution in [3.05, 3.63) is 35.9 Å². The van der Waals surface area contributed by atoms with E-state index in [1.807, 2.05) is 30.3 Å². The standard InChI is InChI=1S/C16H21NO4S/c18-15(10-22-11-16(19)20)17-14(8-12-6-7-21-9-12)13-4-2-1-3-5-13/h1-5,12,14H,6-11H2,(H,17,18)(H,19,20). The van der Waals surface area contributed by atoms with Crippen LogP contribution in [0.25, 0.3) is 0 Å². The molecule has 120 valence electrons. The van der Waals surface area contributed by atoms with Crippen LogP contribution in [0.15, 0.2) is 30.3 Å². The Balaban J connectivity index is 1.92. The number of benzene rings is 1. The Labute approximate surface area is 134 Å². The van der Waals surface area contributed by atoms with Gasteiger partial charge < -0.3 is 15.2 Å². The summed E-state index contributed by atoms with van der Waals surface area (Å²) in [6.07, 6.45) is 1.87. The van der Waals surface area contributed by atoms with E-state index < -0.39 is 5.97 Å². The van der Waals surface area contributed by atoms with Crippen LogP contribution in [0.4, 0.5) is 0 Å². The molecule has 0 aliphatic carbocycles. The second-order valence-electron chi connectivity index (χ2n) is 5.38. The largest absolute Gasteiger partial charge is 0.481 e. The van der Waals surface area contributed by atoms with E-state index in [4.69, 9.17) is 9.84 Å². The van der Waals surface area contributed by atoms with Crippen LogP contribution < -0.4 is 5.32 Å². The molecule has 0 aromatic heterocycles. The lowest BCUT2D eigenvalue weighted by Gasteiger charge is -2.22. The van der Waals surface area contributed by atoms with E-state index in [1.54, 1.807) is 0 Å². The lowest BCUT2D eigenvalue weighted by molar-refractivity contribution is -0.133. The van der Waals surface area contributed by atoms with Crippen LogP contribution in [-0.4, -0.2) is 41.7 Å². The summed E-state index contributed by atoms with van der Waals surface area (Å²) in [6.45, 7) is 1.53. The van der Waals surface area contributed by atoms with E-state index in [9.17, 15) is 9.59 Å². The quantitative estimate of drug-likeness (QED) is 0.766. The Morgan fingerprint density at radius 1 is 1.32 bits per heavy atom. The molecule has 0 radical (unpaired) electrons. The fourth-order valence-electron chi connectivity index (χ4n) is 2.53. The van der Waals surface area contributed by atoms with Gasteiger partial charge in [0.1, 0.15) is 0 Å². The maximum Gasteiger partial charge on any atom is 0.313 e. The molecule has 0 saturated carbocycles. The number of aliphatic carboxylic acids is 1. The van der Waals surface area contributed by atoms with Gasteiger partial charge in [-0.1, -0.05) is 30.3 Å². The summed E-state index contributed by atoms with van der Waals surface area (Å²) in [4.78, 5) is 22.5. The summed E-state index contributed by atoms with van der Waals surface area (Å²) in [6, 6.07) is 9.82. The molecule has 1 aromatic carbocycles. The number of hydrogen-bond donors (Lipinski definition) is 2. The first-order valence-corrected chi connectivity index (χ1v) is 8.52. The molecule has 2 N–H and O–H groups in total. The molecule has 0 bridgehead atoms. The molecule has 0 spiro atoms. The highest BCUT2D eigenvalue weighted by molar-refractivity contribution is 8.00. The Morgan fingerprint density at radius 2 is 2.09 bits per heavy atom. The molecular formula is C16H21NO4S. The molecule has 1 fully saturated rings. The number of carboxylic acids is 1. The topological polar surface area (TPSA) is 75.6 Å². The van der Waals surface area contributed by atoms with Gasteiger partial charge in [-0.3, -0.25) is 9.59 Å². The molecular weight excluding hydrogens is 302 g/mol. The molecule has 1 aliphatic heterocycles. The van der Waals surface area contributed by atoms with Crippen molar-refractivity contribution in [2.75, 3.05) is 24.7 Å². The summed E-state index contributed by atoms with van der Waals surface area (Å²) in [5, 5.41) is 11.6. The van der Waals surface area contributed by atoms with Crippen molar-refractivity contribution in [1.82, 2.24) is 5.32 Å². The lowest BCUT2D eigenvalue weighted by Crippen LogP contribution is -2.31. The first kappa shape index (κ1) is 16.8. The van der Waals surface area contributed by atoms with Gasteiger partial charge in [0, 0.05) is 13.2 Å². The number of rotatable bonds is 8. The molecule has 1 aliphatic rings. The number of amides is 1. The molecule has 1 amide bonds. The third kappa shape index (κ3) is 5.69. The van der Waals surface area contributed by atoms with Gasteiger partial charge in [-0.25, -0.2) is 0 Å². The lowest BCUT2D eigenvalue weighted by atomic mass is 9.94. The van der Waals surface area contributed by atoms with E-state index in [0.717, 1.165) is 43.4 Å². The zero-order valence-corrected chi connectivity index (χ0v) is 13.2. The number of thioether (sulfide) groups is 1. The Hall–Kier alpha value is -1.53. The average Bonchev–Trinajstić information content (AvgIpc) is 3.00. The number of carbonyl (C=O) groups excluding carboxylic acids is 1.